The van der Waals surface area contributed by atoms with Crippen molar-refractivity contribution in [1.29, 1.82) is 0 Å². The van der Waals surface area contributed by atoms with E-state index in [2.05, 4.69) is 93.8 Å². The molecular weight excluding hydrogens is 799 g/mol. The average molecular weight is 878 g/mol. The lowest BCUT2D eigenvalue weighted by Gasteiger charge is -2.73. The van der Waals surface area contributed by atoms with Crippen molar-refractivity contribution in [3.63, 3.8) is 0 Å². The molecule has 13 atom stereocenters. The van der Waals surface area contributed by atoms with Crippen molar-refractivity contribution in [2.24, 2.45) is 73.9 Å². The number of amides is 1. The number of likely N-dealkylation sites (N-methyl/N-ethyl adjacent to an activating group) is 1. The van der Waals surface area contributed by atoms with E-state index in [4.69, 9.17) is 9.72 Å². The van der Waals surface area contributed by atoms with Gasteiger partial charge in [-0.3, -0.25) is 19.4 Å². The molecule has 0 spiro atoms. The number of carbonyl (C=O) groups is 3. The van der Waals surface area contributed by atoms with Gasteiger partial charge in [-0.25, -0.2) is 4.98 Å². The second-order valence-electron chi connectivity index (χ2n) is 24.5. The van der Waals surface area contributed by atoms with Gasteiger partial charge in [-0.05, 0) is 168 Å². The van der Waals surface area contributed by atoms with Gasteiger partial charge in [-0.2, -0.15) is 0 Å². The number of carboxylic acids is 1. The van der Waals surface area contributed by atoms with Crippen molar-refractivity contribution in [3.8, 4) is 11.3 Å². The van der Waals surface area contributed by atoms with Crippen molar-refractivity contribution in [2.75, 3.05) is 27.2 Å². The molecule has 1 aliphatic heterocycles. The fourth-order valence-corrected chi connectivity index (χ4v) is 17.1. The molecule has 1 amide bonds. The number of esters is 1. The number of pyridine rings is 1. The molecule has 1 N–H and O–H groups in total. The minimum absolute atomic E-state index is 0.0459. The highest BCUT2D eigenvalue weighted by atomic mass is 16.5. The van der Waals surface area contributed by atoms with E-state index in [-0.39, 0.29) is 51.6 Å². The maximum absolute atomic E-state index is 15.9. The summed E-state index contributed by atoms with van der Waals surface area (Å²) in [6.45, 7) is 25.8. The molecule has 2 aromatic heterocycles. The topological polar surface area (TPSA) is 118 Å². The van der Waals surface area contributed by atoms with E-state index in [1.807, 2.05) is 26.1 Å². The van der Waals surface area contributed by atoms with E-state index in [9.17, 15) is 14.7 Å². The van der Waals surface area contributed by atoms with Crippen molar-refractivity contribution < 1.29 is 24.2 Å². The summed E-state index contributed by atoms with van der Waals surface area (Å²) in [7, 11) is 4.22. The molecule has 10 nitrogen and oxygen atoms in total. The first-order valence-electron chi connectivity index (χ1n) is 25.1. The zero-order chi connectivity index (χ0) is 45.9. The van der Waals surface area contributed by atoms with Gasteiger partial charge in [0, 0.05) is 49.2 Å². The van der Waals surface area contributed by atoms with Crippen LogP contribution in [0.15, 0.2) is 42.9 Å². The molecule has 10 heteroatoms. The number of fused-ring (bicyclic) bond motifs is 7. The highest BCUT2D eigenvalue weighted by molar-refractivity contribution is 5.85. The molecule has 1 saturated heterocycles. The van der Waals surface area contributed by atoms with Crippen molar-refractivity contribution >= 4 is 17.8 Å². The van der Waals surface area contributed by atoms with E-state index in [0.717, 1.165) is 107 Å². The summed E-state index contributed by atoms with van der Waals surface area (Å²) in [6, 6.07) is 4.00. The van der Waals surface area contributed by atoms with Crippen LogP contribution in [0, 0.1) is 73.9 Å². The van der Waals surface area contributed by atoms with Crippen LogP contribution in [0.4, 0.5) is 0 Å². The molecule has 9 rings (SSSR count). The van der Waals surface area contributed by atoms with Crippen molar-refractivity contribution in [1.82, 2.24) is 24.3 Å². The lowest BCUT2D eigenvalue weighted by atomic mass is 9.32. The number of aliphatic carboxylic acids is 1. The average Bonchev–Trinajstić information content (AvgIpc) is 3.99. The minimum atomic E-state index is -0.818. The third-order valence-corrected chi connectivity index (χ3v) is 20.9. The Hall–Kier alpha value is -3.53. The van der Waals surface area contributed by atoms with Gasteiger partial charge in [0.2, 0.25) is 5.91 Å². The van der Waals surface area contributed by atoms with E-state index in [1.54, 1.807) is 6.20 Å². The number of allylic oxidation sites excluding steroid dienone is 1. The summed E-state index contributed by atoms with van der Waals surface area (Å²) in [5, 5.41) is 9.74. The number of carboxylic acid groups (broad SMARTS) is 1. The molecule has 7 fully saturated rings. The normalized spacial score (nSPS) is 40.7. The van der Waals surface area contributed by atoms with Gasteiger partial charge in [0.15, 0.2) is 0 Å². The Kier molecular flexibility index (Phi) is 11.3. The van der Waals surface area contributed by atoms with E-state index in [1.165, 1.54) is 12.0 Å². The quantitative estimate of drug-likeness (QED) is 0.185. The third kappa shape index (κ3) is 6.65. The van der Waals surface area contributed by atoms with Crippen LogP contribution in [-0.2, 0) is 25.7 Å². The van der Waals surface area contributed by atoms with Gasteiger partial charge >= 0.3 is 11.9 Å². The molecule has 6 saturated carbocycles. The number of rotatable bonds is 10. The summed E-state index contributed by atoms with van der Waals surface area (Å²) in [4.78, 5) is 55.8. The van der Waals surface area contributed by atoms with Crippen LogP contribution < -0.4 is 0 Å². The smallest absolute Gasteiger partial charge is 0.309 e. The minimum Gasteiger partial charge on any atom is -0.481 e. The molecule has 350 valence electrons. The van der Waals surface area contributed by atoms with Gasteiger partial charge < -0.3 is 24.2 Å². The molecule has 7 aliphatic rings. The predicted octanol–water partition coefficient (Wildman–Crippen LogP) is 10.5. The summed E-state index contributed by atoms with van der Waals surface area (Å²) in [5.41, 5.74) is 2.32. The van der Waals surface area contributed by atoms with Crippen LogP contribution in [-0.4, -0.2) is 80.6 Å². The van der Waals surface area contributed by atoms with Crippen LogP contribution in [0.1, 0.15) is 151 Å². The molecule has 0 aromatic carbocycles. The van der Waals surface area contributed by atoms with Gasteiger partial charge in [0.05, 0.1) is 29.0 Å². The van der Waals surface area contributed by atoms with Gasteiger partial charge in [-0.15, -0.1) is 0 Å². The number of hydrogen-bond acceptors (Lipinski definition) is 7. The summed E-state index contributed by atoms with van der Waals surface area (Å²) >= 11 is 0. The lowest BCUT2D eigenvalue weighted by Crippen LogP contribution is -2.67. The van der Waals surface area contributed by atoms with Crippen LogP contribution >= 0.6 is 0 Å². The predicted molar refractivity (Wildman–Crippen MR) is 250 cm³/mol. The van der Waals surface area contributed by atoms with Crippen molar-refractivity contribution in [2.45, 2.75) is 158 Å². The molecule has 0 unspecified atom stereocenters. The van der Waals surface area contributed by atoms with Crippen molar-refractivity contribution in [3.05, 3.63) is 48.7 Å². The molecule has 64 heavy (non-hydrogen) atoms. The first-order chi connectivity index (χ1) is 30.1. The Labute approximate surface area is 383 Å². The second kappa shape index (κ2) is 15.8. The first-order valence-corrected chi connectivity index (χ1v) is 25.1. The fourth-order valence-electron chi connectivity index (χ4n) is 17.1. The molecular formula is C54H79N5O5. The molecule has 0 radical (unpaired) electrons. The maximum atomic E-state index is 15.9. The van der Waals surface area contributed by atoms with Crippen LogP contribution in [0.5, 0.6) is 0 Å². The highest BCUT2D eigenvalue weighted by Gasteiger charge is 2.72. The number of carbonyl (C=O) groups excluding carboxylic acids is 2. The van der Waals surface area contributed by atoms with Crippen LogP contribution in [0.3, 0.4) is 0 Å². The Morgan fingerprint density at radius 2 is 1.66 bits per heavy atom. The number of nitrogens with zero attached hydrogens (tertiary/aromatic N) is 5. The van der Waals surface area contributed by atoms with Crippen LogP contribution in [0.2, 0.25) is 0 Å². The first kappa shape index (κ1) is 45.6. The summed E-state index contributed by atoms with van der Waals surface area (Å²) in [6.07, 6.45) is 18.5. The molecule has 2 aromatic rings. The molecule has 6 aliphatic carbocycles. The number of imidazole rings is 1. The third-order valence-electron chi connectivity index (χ3n) is 20.9. The Morgan fingerprint density at radius 3 is 2.33 bits per heavy atom. The highest BCUT2D eigenvalue weighted by Crippen LogP contribution is 2.78. The monoisotopic (exact) mass is 878 g/mol. The number of likely N-dealkylation sites (tertiary alicyclic amines) is 1. The Balaban J connectivity index is 0.983. The second-order valence-corrected chi connectivity index (χ2v) is 24.5. The Morgan fingerprint density at radius 1 is 0.891 bits per heavy atom. The van der Waals surface area contributed by atoms with E-state index in [0.29, 0.717) is 36.0 Å². The summed E-state index contributed by atoms with van der Waals surface area (Å²) in [5.74, 6) is 1.54. The zero-order valence-electron chi connectivity index (χ0n) is 40.9. The van der Waals surface area contributed by atoms with Gasteiger partial charge in [0.25, 0.3) is 0 Å². The zero-order valence-corrected chi connectivity index (χ0v) is 40.9. The SMILES string of the molecule is C=C(C)[C@@H]1CC[C@]2(C(=O)N3CCC[C@H]3c3nc(-c4cccnc4)cn3CCN(C)C)CC[C@]3(C)[C@H](CC[C@@H]4[C@@]5(C)CC[C@H](OC(=O)[C@H]6C[C@@H](C(=O)O)C6(C)C)C(C)(C)[C@@H]5CC[C@]43C)[C@@H]12. The number of aromatic nitrogens is 3. The maximum Gasteiger partial charge on any atom is 0.309 e. The van der Waals surface area contributed by atoms with E-state index >= 15 is 4.79 Å². The van der Waals surface area contributed by atoms with Gasteiger partial charge in [-0.1, -0.05) is 60.6 Å². The standard InChI is InChI=1S/C54H79N5O5/c1-33(2)35-18-23-54(48(63)59-27-13-15-40(59)45-56-39(34-14-12-26-55-31-34)32-58(45)29-28-57(10)11)25-24-52(8)36(44(35)54)16-17-42-51(7)21-20-43(50(5,6)41(51)19-22-53(42,52)9)64-47(62)38-30-37(46(60)61)49(38,3)4/h12,14,26,31-32,35-38,40-44H,1,13,15-25,27-30H2,2-11H3,(H,60,61)/t35-,36+,37-,38+,40-,41-,42+,43-,44+,51-,52+,53+,54-/m0/s1. The number of hydrogen-bond donors (Lipinski definition) is 1. The fraction of sp³-hybridized carbons (Fsp3) is 0.759. The van der Waals surface area contributed by atoms with Gasteiger partial charge in [0.1, 0.15) is 11.9 Å². The molecule has 0 bridgehead atoms. The van der Waals surface area contributed by atoms with E-state index < -0.39 is 22.7 Å². The Bertz CT molecular complexity index is 2160. The summed E-state index contributed by atoms with van der Waals surface area (Å²) < 4.78 is 8.81. The van der Waals surface area contributed by atoms with Crippen LogP contribution in [0.25, 0.3) is 11.3 Å². The molecule has 3 heterocycles. The number of ether oxygens (including phenoxy) is 1. The lowest BCUT2D eigenvalue weighted by molar-refractivity contribution is -0.251. The largest absolute Gasteiger partial charge is 0.481 e.